The Labute approximate surface area is 94.5 Å². The highest BCUT2D eigenvalue weighted by Crippen LogP contribution is 2.18. The lowest BCUT2D eigenvalue weighted by molar-refractivity contribution is 0.117. The Morgan fingerprint density at radius 2 is 2.20 bits per heavy atom. The molecular formula is C11H18N2OS. The van der Waals surface area contributed by atoms with Crippen molar-refractivity contribution in [3.05, 3.63) is 16.6 Å². The molecule has 15 heavy (non-hydrogen) atoms. The summed E-state index contributed by atoms with van der Waals surface area (Å²) in [6, 6.07) is 0.605. The van der Waals surface area contributed by atoms with Crippen LogP contribution in [0.3, 0.4) is 0 Å². The molecule has 1 aliphatic rings. The van der Waals surface area contributed by atoms with Crippen molar-refractivity contribution >= 4 is 11.3 Å². The average Bonchev–Trinajstić information content (AvgIpc) is 2.74. The van der Waals surface area contributed by atoms with E-state index in [2.05, 4.69) is 10.3 Å². The van der Waals surface area contributed by atoms with E-state index in [1.165, 1.54) is 5.01 Å². The highest BCUT2D eigenvalue weighted by Gasteiger charge is 2.18. The molecule has 0 atom stereocenters. The van der Waals surface area contributed by atoms with Gasteiger partial charge in [-0.25, -0.2) is 4.98 Å². The fourth-order valence-corrected chi connectivity index (χ4v) is 2.66. The van der Waals surface area contributed by atoms with E-state index in [9.17, 15) is 5.11 Å². The van der Waals surface area contributed by atoms with Gasteiger partial charge in [0, 0.05) is 30.6 Å². The van der Waals surface area contributed by atoms with Crippen LogP contribution in [0.5, 0.6) is 0 Å². The minimum atomic E-state index is -0.0537. The molecule has 4 heteroatoms. The van der Waals surface area contributed by atoms with Crippen LogP contribution >= 0.6 is 11.3 Å². The lowest BCUT2D eigenvalue weighted by Crippen LogP contribution is -2.35. The maximum Gasteiger partial charge on any atom is 0.0937 e. The maximum atomic E-state index is 9.37. The van der Waals surface area contributed by atoms with E-state index in [-0.39, 0.29) is 6.10 Å². The zero-order chi connectivity index (χ0) is 10.5. The molecule has 1 heterocycles. The predicted molar refractivity (Wildman–Crippen MR) is 62.1 cm³/mol. The van der Waals surface area contributed by atoms with E-state index in [0.717, 1.165) is 38.6 Å². The molecule has 84 valence electrons. The Bertz CT molecular complexity index is 268. The molecule has 0 radical (unpaired) electrons. The Hall–Kier alpha value is -0.450. The van der Waals surface area contributed by atoms with E-state index in [1.54, 1.807) is 11.3 Å². The van der Waals surface area contributed by atoms with Crippen LogP contribution in [0, 0.1) is 0 Å². The van der Waals surface area contributed by atoms with Gasteiger partial charge >= 0.3 is 0 Å². The molecule has 0 amide bonds. The van der Waals surface area contributed by atoms with E-state index in [4.69, 9.17) is 0 Å². The van der Waals surface area contributed by atoms with Crippen molar-refractivity contribution in [2.45, 2.75) is 44.2 Å². The van der Waals surface area contributed by atoms with E-state index in [1.807, 2.05) is 11.6 Å². The first-order chi connectivity index (χ1) is 7.34. The van der Waals surface area contributed by atoms with Crippen LogP contribution in [-0.4, -0.2) is 28.8 Å². The molecule has 3 nitrogen and oxygen atoms in total. The molecule has 0 aromatic carbocycles. The van der Waals surface area contributed by atoms with Gasteiger partial charge in [-0.1, -0.05) is 0 Å². The molecule has 0 unspecified atom stereocenters. The van der Waals surface area contributed by atoms with Crippen LogP contribution in [0.15, 0.2) is 11.6 Å². The zero-order valence-electron chi connectivity index (χ0n) is 8.85. The molecular weight excluding hydrogens is 208 g/mol. The largest absolute Gasteiger partial charge is 0.393 e. The number of nitrogens with zero attached hydrogens (tertiary/aromatic N) is 1. The van der Waals surface area contributed by atoms with Gasteiger partial charge in [0.05, 0.1) is 11.1 Å². The summed E-state index contributed by atoms with van der Waals surface area (Å²) < 4.78 is 0. The van der Waals surface area contributed by atoms with Crippen LogP contribution in [-0.2, 0) is 6.42 Å². The molecule has 2 N–H and O–H groups in total. The SMILES string of the molecule is OC1CCC(NCCc2nccs2)CC1. The average molecular weight is 226 g/mol. The van der Waals surface area contributed by atoms with Crippen molar-refractivity contribution in [1.29, 1.82) is 0 Å². The molecule has 0 spiro atoms. The van der Waals surface area contributed by atoms with Crippen LogP contribution < -0.4 is 5.32 Å². The third-order valence-corrected chi connectivity index (χ3v) is 3.79. The molecule has 0 saturated heterocycles. The van der Waals surface area contributed by atoms with Gasteiger partial charge in [-0.05, 0) is 25.7 Å². The van der Waals surface area contributed by atoms with Crippen molar-refractivity contribution < 1.29 is 5.11 Å². The molecule has 0 bridgehead atoms. The molecule has 1 saturated carbocycles. The lowest BCUT2D eigenvalue weighted by atomic mass is 9.93. The Balaban J connectivity index is 1.62. The van der Waals surface area contributed by atoms with Crippen molar-refractivity contribution in [3.8, 4) is 0 Å². The first kappa shape index (κ1) is 11.0. The van der Waals surface area contributed by atoms with E-state index in [0.29, 0.717) is 6.04 Å². The van der Waals surface area contributed by atoms with Crippen LogP contribution in [0.1, 0.15) is 30.7 Å². The summed E-state index contributed by atoms with van der Waals surface area (Å²) in [6.07, 6.45) is 6.96. The minimum Gasteiger partial charge on any atom is -0.393 e. The van der Waals surface area contributed by atoms with Gasteiger partial charge < -0.3 is 10.4 Å². The highest BCUT2D eigenvalue weighted by atomic mass is 32.1. The topological polar surface area (TPSA) is 45.1 Å². The van der Waals surface area contributed by atoms with Crippen molar-refractivity contribution in [2.24, 2.45) is 0 Å². The summed E-state index contributed by atoms with van der Waals surface area (Å²) in [5, 5.41) is 16.1. The molecule has 1 aromatic rings. The fraction of sp³-hybridized carbons (Fsp3) is 0.727. The molecule has 2 rings (SSSR count). The number of aliphatic hydroxyl groups is 1. The monoisotopic (exact) mass is 226 g/mol. The van der Waals surface area contributed by atoms with Gasteiger partial charge in [-0.2, -0.15) is 0 Å². The van der Waals surface area contributed by atoms with Gasteiger partial charge in [0.1, 0.15) is 0 Å². The number of nitrogens with one attached hydrogen (secondary N) is 1. The van der Waals surface area contributed by atoms with Crippen molar-refractivity contribution in [2.75, 3.05) is 6.54 Å². The van der Waals surface area contributed by atoms with Crippen LogP contribution in [0.2, 0.25) is 0 Å². The zero-order valence-corrected chi connectivity index (χ0v) is 9.67. The first-order valence-corrected chi connectivity index (χ1v) is 6.52. The predicted octanol–water partition coefficient (Wildman–Crippen LogP) is 1.58. The number of thiazole rings is 1. The first-order valence-electron chi connectivity index (χ1n) is 5.64. The number of hydrogen-bond acceptors (Lipinski definition) is 4. The number of aromatic nitrogens is 1. The Kier molecular flexibility index (Phi) is 4.11. The summed E-state index contributed by atoms with van der Waals surface area (Å²) in [4.78, 5) is 4.25. The number of rotatable bonds is 4. The fourth-order valence-electron chi connectivity index (χ4n) is 2.04. The third kappa shape index (κ3) is 3.55. The number of hydrogen-bond donors (Lipinski definition) is 2. The van der Waals surface area contributed by atoms with Crippen molar-refractivity contribution in [3.63, 3.8) is 0 Å². The lowest BCUT2D eigenvalue weighted by Gasteiger charge is -2.26. The quantitative estimate of drug-likeness (QED) is 0.819. The Morgan fingerprint density at radius 3 is 2.87 bits per heavy atom. The molecule has 1 fully saturated rings. The van der Waals surface area contributed by atoms with Crippen molar-refractivity contribution in [1.82, 2.24) is 10.3 Å². The minimum absolute atomic E-state index is 0.0537. The smallest absolute Gasteiger partial charge is 0.0937 e. The van der Waals surface area contributed by atoms with E-state index < -0.39 is 0 Å². The summed E-state index contributed by atoms with van der Waals surface area (Å²) in [7, 11) is 0. The highest BCUT2D eigenvalue weighted by molar-refractivity contribution is 7.09. The second-order valence-corrected chi connectivity index (χ2v) is 5.11. The standard InChI is InChI=1S/C11H18N2OS/c14-10-3-1-9(2-4-10)12-6-5-11-13-7-8-15-11/h7-10,12,14H,1-6H2. The third-order valence-electron chi connectivity index (χ3n) is 2.95. The number of aliphatic hydroxyl groups excluding tert-OH is 1. The molecule has 0 aliphatic heterocycles. The van der Waals surface area contributed by atoms with Gasteiger partial charge in [0.15, 0.2) is 0 Å². The van der Waals surface area contributed by atoms with Crippen LogP contribution in [0.4, 0.5) is 0 Å². The second kappa shape index (κ2) is 5.58. The summed E-state index contributed by atoms with van der Waals surface area (Å²) in [6.45, 7) is 1.01. The summed E-state index contributed by atoms with van der Waals surface area (Å²) in [5.41, 5.74) is 0. The van der Waals surface area contributed by atoms with Gasteiger partial charge in [-0.15, -0.1) is 11.3 Å². The van der Waals surface area contributed by atoms with Gasteiger partial charge in [0.2, 0.25) is 0 Å². The summed E-state index contributed by atoms with van der Waals surface area (Å²) >= 11 is 1.72. The Morgan fingerprint density at radius 1 is 1.40 bits per heavy atom. The van der Waals surface area contributed by atoms with Crippen LogP contribution in [0.25, 0.3) is 0 Å². The molecule has 1 aromatic heterocycles. The maximum absolute atomic E-state index is 9.37. The molecule has 1 aliphatic carbocycles. The normalized spacial score (nSPS) is 26.7. The second-order valence-electron chi connectivity index (χ2n) is 4.14. The van der Waals surface area contributed by atoms with E-state index >= 15 is 0 Å². The summed E-state index contributed by atoms with van der Waals surface area (Å²) in [5.74, 6) is 0. The van der Waals surface area contributed by atoms with Gasteiger partial charge in [0.25, 0.3) is 0 Å². The van der Waals surface area contributed by atoms with Gasteiger partial charge in [-0.3, -0.25) is 0 Å².